The van der Waals surface area contributed by atoms with Crippen molar-refractivity contribution < 1.29 is 0 Å². The molecule has 16 heavy (non-hydrogen) atoms. The first kappa shape index (κ1) is 10.9. The van der Waals surface area contributed by atoms with Gasteiger partial charge in [-0.1, -0.05) is 30.3 Å². The lowest BCUT2D eigenvalue weighted by Gasteiger charge is -2.02. The summed E-state index contributed by atoms with van der Waals surface area (Å²) in [5.41, 5.74) is 8.21. The van der Waals surface area contributed by atoms with E-state index in [1.54, 1.807) is 0 Å². The highest BCUT2D eigenvalue weighted by Gasteiger charge is 2.01. The van der Waals surface area contributed by atoms with E-state index in [1.165, 1.54) is 11.1 Å². The van der Waals surface area contributed by atoms with Crippen LogP contribution in [0.1, 0.15) is 18.1 Å². The van der Waals surface area contributed by atoms with Crippen LogP contribution in [0.25, 0.3) is 0 Å². The minimum atomic E-state index is 0.189. The molecule has 0 spiro atoms. The van der Waals surface area contributed by atoms with Crippen molar-refractivity contribution >= 4 is 0 Å². The van der Waals surface area contributed by atoms with Crippen LogP contribution in [0.5, 0.6) is 0 Å². The lowest BCUT2D eigenvalue weighted by Crippen LogP contribution is -2.17. The molecular formula is C13H17N3. The minimum absolute atomic E-state index is 0.189. The number of nitrogens with two attached hydrogens (primary N) is 1. The highest BCUT2D eigenvalue weighted by atomic mass is 15.3. The molecule has 0 radical (unpaired) electrons. The second kappa shape index (κ2) is 4.94. The van der Waals surface area contributed by atoms with Gasteiger partial charge in [-0.15, -0.1) is 0 Å². The summed E-state index contributed by atoms with van der Waals surface area (Å²) in [6, 6.07) is 10.5. The second-order valence-electron chi connectivity index (χ2n) is 4.21. The molecule has 1 aromatic carbocycles. The molecule has 0 saturated heterocycles. The Hall–Kier alpha value is -1.61. The van der Waals surface area contributed by atoms with E-state index in [9.17, 15) is 0 Å². The van der Waals surface area contributed by atoms with Gasteiger partial charge in [-0.05, 0) is 24.5 Å². The first-order valence-electron chi connectivity index (χ1n) is 5.55. The van der Waals surface area contributed by atoms with E-state index in [4.69, 9.17) is 5.73 Å². The van der Waals surface area contributed by atoms with E-state index in [2.05, 4.69) is 23.4 Å². The number of rotatable bonds is 4. The van der Waals surface area contributed by atoms with Crippen LogP contribution in [0, 0.1) is 0 Å². The molecule has 1 atom stereocenters. The normalized spacial score (nSPS) is 12.6. The van der Waals surface area contributed by atoms with Gasteiger partial charge in [0.1, 0.15) is 0 Å². The van der Waals surface area contributed by atoms with Crippen LogP contribution in [-0.4, -0.2) is 15.8 Å². The van der Waals surface area contributed by atoms with Gasteiger partial charge in [-0.25, -0.2) is 0 Å². The molecule has 1 heterocycles. The van der Waals surface area contributed by atoms with Gasteiger partial charge in [0.05, 0.1) is 12.7 Å². The molecule has 0 aliphatic rings. The third-order valence-corrected chi connectivity index (χ3v) is 2.43. The van der Waals surface area contributed by atoms with Crippen LogP contribution >= 0.6 is 0 Å². The summed E-state index contributed by atoms with van der Waals surface area (Å²) in [7, 11) is 0. The first-order chi connectivity index (χ1) is 7.74. The average molecular weight is 215 g/mol. The zero-order chi connectivity index (χ0) is 11.4. The Morgan fingerprint density at radius 3 is 2.69 bits per heavy atom. The summed E-state index contributed by atoms with van der Waals surface area (Å²) in [6.45, 7) is 2.83. The zero-order valence-corrected chi connectivity index (χ0v) is 9.50. The van der Waals surface area contributed by atoms with Crippen molar-refractivity contribution in [1.82, 2.24) is 9.78 Å². The fourth-order valence-electron chi connectivity index (χ4n) is 1.74. The van der Waals surface area contributed by atoms with Crippen LogP contribution < -0.4 is 5.73 Å². The quantitative estimate of drug-likeness (QED) is 0.845. The summed E-state index contributed by atoms with van der Waals surface area (Å²) in [5, 5.41) is 4.33. The van der Waals surface area contributed by atoms with Gasteiger partial charge >= 0.3 is 0 Å². The Labute approximate surface area is 95.9 Å². The third kappa shape index (κ3) is 2.94. The molecule has 0 unspecified atom stereocenters. The molecule has 0 amide bonds. The van der Waals surface area contributed by atoms with Gasteiger partial charge in [0.25, 0.3) is 0 Å². The average Bonchev–Trinajstić information content (AvgIpc) is 2.66. The maximum atomic E-state index is 5.75. The maximum absolute atomic E-state index is 5.75. The molecule has 84 valence electrons. The Kier molecular flexibility index (Phi) is 3.37. The van der Waals surface area contributed by atoms with E-state index in [0.717, 1.165) is 13.0 Å². The summed E-state index contributed by atoms with van der Waals surface area (Å²) >= 11 is 0. The monoisotopic (exact) mass is 215 g/mol. The molecule has 2 aromatic rings. The molecule has 1 aromatic heterocycles. The highest BCUT2D eigenvalue weighted by molar-refractivity contribution is 5.15. The Morgan fingerprint density at radius 1 is 1.25 bits per heavy atom. The number of aromatic nitrogens is 2. The van der Waals surface area contributed by atoms with E-state index in [-0.39, 0.29) is 6.04 Å². The minimum Gasteiger partial charge on any atom is -0.328 e. The topological polar surface area (TPSA) is 43.8 Å². The predicted molar refractivity (Wildman–Crippen MR) is 65.1 cm³/mol. The van der Waals surface area contributed by atoms with E-state index < -0.39 is 0 Å². The van der Waals surface area contributed by atoms with Crippen molar-refractivity contribution in [3.05, 3.63) is 53.9 Å². The van der Waals surface area contributed by atoms with Gasteiger partial charge < -0.3 is 5.73 Å². The Balaban J connectivity index is 2.03. The fraction of sp³-hybridized carbons (Fsp3) is 0.308. The molecule has 3 heteroatoms. The van der Waals surface area contributed by atoms with Crippen LogP contribution in [0.2, 0.25) is 0 Å². The third-order valence-electron chi connectivity index (χ3n) is 2.43. The zero-order valence-electron chi connectivity index (χ0n) is 9.50. The highest BCUT2D eigenvalue weighted by Crippen LogP contribution is 2.05. The fourth-order valence-corrected chi connectivity index (χ4v) is 1.74. The summed E-state index contributed by atoms with van der Waals surface area (Å²) < 4.78 is 1.95. The number of hydrogen-bond acceptors (Lipinski definition) is 2. The molecule has 2 N–H and O–H groups in total. The van der Waals surface area contributed by atoms with Crippen LogP contribution in [-0.2, 0) is 13.0 Å². The predicted octanol–water partition coefficient (Wildman–Crippen LogP) is 1.82. The van der Waals surface area contributed by atoms with Crippen molar-refractivity contribution in [2.45, 2.75) is 25.9 Å². The smallest absolute Gasteiger partial charge is 0.0659 e. The van der Waals surface area contributed by atoms with Crippen molar-refractivity contribution in [2.75, 3.05) is 0 Å². The van der Waals surface area contributed by atoms with Crippen LogP contribution in [0.3, 0.4) is 0 Å². The van der Waals surface area contributed by atoms with Crippen LogP contribution in [0.15, 0.2) is 42.7 Å². The molecular weight excluding hydrogens is 198 g/mol. The van der Waals surface area contributed by atoms with Gasteiger partial charge in [0, 0.05) is 12.2 Å². The van der Waals surface area contributed by atoms with Crippen molar-refractivity contribution in [2.24, 2.45) is 5.73 Å². The second-order valence-corrected chi connectivity index (χ2v) is 4.21. The lowest BCUT2D eigenvalue weighted by molar-refractivity contribution is 0.684. The van der Waals surface area contributed by atoms with E-state index in [1.807, 2.05) is 36.0 Å². The lowest BCUT2D eigenvalue weighted by atomic mass is 10.1. The van der Waals surface area contributed by atoms with Gasteiger partial charge in [-0.2, -0.15) is 5.10 Å². The molecule has 2 rings (SSSR count). The largest absolute Gasteiger partial charge is 0.328 e. The number of nitrogens with zero attached hydrogens (tertiary/aromatic N) is 2. The van der Waals surface area contributed by atoms with Crippen molar-refractivity contribution in [3.63, 3.8) is 0 Å². The first-order valence-corrected chi connectivity index (χ1v) is 5.55. The molecule has 0 aliphatic heterocycles. The van der Waals surface area contributed by atoms with Gasteiger partial charge in [0.2, 0.25) is 0 Å². The molecule has 0 aliphatic carbocycles. The summed E-state index contributed by atoms with van der Waals surface area (Å²) in [5.74, 6) is 0. The van der Waals surface area contributed by atoms with Crippen LogP contribution in [0.4, 0.5) is 0 Å². The van der Waals surface area contributed by atoms with E-state index in [0.29, 0.717) is 0 Å². The molecule has 3 nitrogen and oxygen atoms in total. The molecule has 0 fully saturated rings. The Bertz CT molecular complexity index is 431. The maximum Gasteiger partial charge on any atom is 0.0659 e. The summed E-state index contributed by atoms with van der Waals surface area (Å²) in [6.07, 6.45) is 4.84. The van der Waals surface area contributed by atoms with Gasteiger partial charge in [-0.3, -0.25) is 4.68 Å². The van der Waals surface area contributed by atoms with E-state index >= 15 is 0 Å². The summed E-state index contributed by atoms with van der Waals surface area (Å²) in [4.78, 5) is 0. The number of hydrogen-bond donors (Lipinski definition) is 1. The Morgan fingerprint density at radius 2 is 2.00 bits per heavy atom. The van der Waals surface area contributed by atoms with Crippen molar-refractivity contribution in [3.8, 4) is 0 Å². The number of benzene rings is 1. The molecule has 0 bridgehead atoms. The SMILES string of the molecule is C[C@@H](N)Cc1cnn(Cc2ccccc2)c1. The standard InChI is InChI=1S/C13H17N3/c1-11(14)7-13-8-15-16(10-13)9-12-5-3-2-4-6-12/h2-6,8,10-11H,7,9,14H2,1H3/t11-/m1/s1. The van der Waals surface area contributed by atoms with Crippen molar-refractivity contribution in [1.29, 1.82) is 0 Å². The van der Waals surface area contributed by atoms with Gasteiger partial charge in [0.15, 0.2) is 0 Å². The molecule has 0 saturated carbocycles.